The summed E-state index contributed by atoms with van der Waals surface area (Å²) in [6.07, 6.45) is -4.51. The normalized spacial score (nSPS) is 13.0. The SMILES string of the molecule is COc1ccc(C(N)c2ccccc2C(F)(F)F)cc1F. The van der Waals surface area contributed by atoms with Crippen molar-refractivity contribution in [2.75, 3.05) is 7.11 Å². The number of benzene rings is 2. The van der Waals surface area contributed by atoms with E-state index in [-0.39, 0.29) is 16.9 Å². The van der Waals surface area contributed by atoms with Crippen LogP contribution in [-0.2, 0) is 6.18 Å². The lowest BCUT2D eigenvalue weighted by atomic mass is 9.94. The number of nitrogens with two attached hydrogens (primary N) is 1. The number of rotatable bonds is 3. The van der Waals surface area contributed by atoms with Crippen LogP contribution in [0.3, 0.4) is 0 Å². The third-order valence-electron chi connectivity index (χ3n) is 3.14. The summed E-state index contributed by atoms with van der Waals surface area (Å²) >= 11 is 0. The molecule has 2 rings (SSSR count). The second-order valence-electron chi connectivity index (χ2n) is 4.46. The van der Waals surface area contributed by atoms with Crippen molar-refractivity contribution in [2.45, 2.75) is 12.2 Å². The lowest BCUT2D eigenvalue weighted by Crippen LogP contribution is -2.18. The Balaban J connectivity index is 2.45. The van der Waals surface area contributed by atoms with Crippen molar-refractivity contribution in [3.63, 3.8) is 0 Å². The maximum absolute atomic E-state index is 13.7. The maximum atomic E-state index is 13.7. The van der Waals surface area contributed by atoms with Gasteiger partial charge in [-0.05, 0) is 29.3 Å². The smallest absolute Gasteiger partial charge is 0.416 e. The summed E-state index contributed by atoms with van der Waals surface area (Å²) in [4.78, 5) is 0. The van der Waals surface area contributed by atoms with E-state index in [0.717, 1.165) is 12.1 Å². The number of methoxy groups -OCH3 is 1. The van der Waals surface area contributed by atoms with Crippen LogP contribution >= 0.6 is 0 Å². The first-order chi connectivity index (χ1) is 9.84. The fourth-order valence-corrected chi connectivity index (χ4v) is 2.08. The first-order valence-electron chi connectivity index (χ1n) is 6.09. The molecule has 0 aromatic heterocycles. The van der Waals surface area contributed by atoms with Gasteiger partial charge in [0.15, 0.2) is 11.6 Å². The van der Waals surface area contributed by atoms with E-state index in [1.54, 1.807) is 0 Å². The van der Waals surface area contributed by atoms with Crippen molar-refractivity contribution < 1.29 is 22.3 Å². The zero-order valence-corrected chi connectivity index (χ0v) is 11.1. The molecule has 2 aromatic carbocycles. The fraction of sp³-hybridized carbons (Fsp3) is 0.200. The predicted molar refractivity (Wildman–Crippen MR) is 70.4 cm³/mol. The van der Waals surface area contributed by atoms with Crippen LogP contribution in [0.1, 0.15) is 22.7 Å². The van der Waals surface area contributed by atoms with Gasteiger partial charge in [0.05, 0.1) is 18.7 Å². The number of alkyl halides is 3. The Morgan fingerprint density at radius 1 is 1.10 bits per heavy atom. The summed E-state index contributed by atoms with van der Waals surface area (Å²) in [5.74, 6) is -0.662. The van der Waals surface area contributed by atoms with Gasteiger partial charge in [0.1, 0.15) is 0 Å². The van der Waals surface area contributed by atoms with Crippen LogP contribution in [0.5, 0.6) is 5.75 Å². The van der Waals surface area contributed by atoms with Crippen molar-refractivity contribution >= 4 is 0 Å². The summed E-state index contributed by atoms with van der Waals surface area (Å²) in [6, 6.07) is 7.77. The average molecular weight is 299 g/mol. The van der Waals surface area contributed by atoms with Gasteiger partial charge in [0.25, 0.3) is 0 Å². The molecule has 0 spiro atoms. The van der Waals surface area contributed by atoms with E-state index in [4.69, 9.17) is 10.5 Å². The van der Waals surface area contributed by atoms with E-state index in [0.29, 0.717) is 0 Å². The van der Waals surface area contributed by atoms with Gasteiger partial charge in [-0.15, -0.1) is 0 Å². The van der Waals surface area contributed by atoms with Crippen LogP contribution in [0, 0.1) is 5.82 Å². The molecule has 2 aromatic rings. The average Bonchev–Trinajstić information content (AvgIpc) is 2.45. The minimum Gasteiger partial charge on any atom is -0.494 e. The summed E-state index contributed by atoms with van der Waals surface area (Å²) < 4.78 is 57.3. The molecule has 1 unspecified atom stereocenters. The second kappa shape index (κ2) is 5.73. The van der Waals surface area contributed by atoms with Crippen LogP contribution in [-0.4, -0.2) is 7.11 Å². The predicted octanol–water partition coefficient (Wildman–Crippen LogP) is 3.90. The van der Waals surface area contributed by atoms with Gasteiger partial charge in [-0.3, -0.25) is 0 Å². The number of hydrogen-bond donors (Lipinski definition) is 1. The molecule has 0 aliphatic heterocycles. The molecule has 21 heavy (non-hydrogen) atoms. The molecule has 112 valence electrons. The molecule has 0 aliphatic carbocycles. The van der Waals surface area contributed by atoms with E-state index < -0.39 is 23.6 Å². The molecule has 0 saturated heterocycles. The van der Waals surface area contributed by atoms with Crippen molar-refractivity contribution in [3.8, 4) is 5.75 Å². The van der Waals surface area contributed by atoms with Gasteiger partial charge in [0.2, 0.25) is 0 Å². The Bertz CT molecular complexity index is 640. The minimum atomic E-state index is -4.51. The first kappa shape index (κ1) is 15.3. The van der Waals surface area contributed by atoms with Crippen LogP contribution in [0.25, 0.3) is 0 Å². The number of ether oxygens (including phenoxy) is 1. The highest BCUT2D eigenvalue weighted by atomic mass is 19.4. The van der Waals surface area contributed by atoms with Crippen molar-refractivity contribution in [3.05, 3.63) is 65.0 Å². The van der Waals surface area contributed by atoms with Crippen molar-refractivity contribution in [1.29, 1.82) is 0 Å². The second-order valence-corrected chi connectivity index (χ2v) is 4.46. The molecule has 0 radical (unpaired) electrons. The molecular formula is C15H13F4NO. The molecule has 0 bridgehead atoms. The van der Waals surface area contributed by atoms with Gasteiger partial charge >= 0.3 is 6.18 Å². The summed E-state index contributed by atoms with van der Waals surface area (Å²) in [5, 5.41) is 0. The van der Waals surface area contributed by atoms with Crippen molar-refractivity contribution in [2.24, 2.45) is 5.73 Å². The molecule has 0 fully saturated rings. The maximum Gasteiger partial charge on any atom is 0.416 e. The summed E-state index contributed by atoms with van der Waals surface area (Å²) in [7, 11) is 1.30. The Morgan fingerprint density at radius 3 is 2.33 bits per heavy atom. The molecular weight excluding hydrogens is 286 g/mol. The molecule has 6 heteroatoms. The van der Waals surface area contributed by atoms with Crippen molar-refractivity contribution in [1.82, 2.24) is 0 Å². The zero-order valence-electron chi connectivity index (χ0n) is 11.1. The lowest BCUT2D eigenvalue weighted by molar-refractivity contribution is -0.138. The Kier molecular flexibility index (Phi) is 4.18. The molecule has 2 nitrogen and oxygen atoms in total. The highest BCUT2D eigenvalue weighted by molar-refractivity contribution is 5.40. The third kappa shape index (κ3) is 3.16. The van der Waals surface area contributed by atoms with Gasteiger partial charge in [-0.2, -0.15) is 13.2 Å². The summed E-state index contributed by atoms with van der Waals surface area (Å²) in [6.45, 7) is 0. The molecule has 0 amide bonds. The largest absolute Gasteiger partial charge is 0.494 e. The van der Waals surface area contributed by atoms with Gasteiger partial charge < -0.3 is 10.5 Å². The van der Waals surface area contributed by atoms with Crippen LogP contribution in [0.2, 0.25) is 0 Å². The Hall–Kier alpha value is -2.08. The van der Waals surface area contributed by atoms with E-state index in [1.807, 2.05) is 0 Å². The topological polar surface area (TPSA) is 35.2 Å². The molecule has 1 atom stereocenters. The Morgan fingerprint density at radius 2 is 1.76 bits per heavy atom. The molecule has 0 heterocycles. The highest BCUT2D eigenvalue weighted by Crippen LogP contribution is 2.36. The molecule has 2 N–H and O–H groups in total. The van der Waals surface area contributed by atoms with E-state index >= 15 is 0 Å². The third-order valence-corrected chi connectivity index (χ3v) is 3.14. The van der Waals surface area contributed by atoms with Gasteiger partial charge in [-0.25, -0.2) is 4.39 Å². The monoisotopic (exact) mass is 299 g/mol. The van der Waals surface area contributed by atoms with E-state index in [9.17, 15) is 17.6 Å². The quantitative estimate of drug-likeness (QED) is 0.872. The van der Waals surface area contributed by atoms with E-state index in [1.165, 1.54) is 37.4 Å². The standard InChI is InChI=1S/C15H13F4NO/c1-21-13-7-6-9(8-12(13)16)14(20)10-4-2-3-5-11(10)15(17,18)19/h2-8,14H,20H2,1H3. The van der Waals surface area contributed by atoms with Crippen LogP contribution in [0.4, 0.5) is 17.6 Å². The zero-order chi connectivity index (χ0) is 15.6. The van der Waals surface area contributed by atoms with Gasteiger partial charge in [0, 0.05) is 0 Å². The van der Waals surface area contributed by atoms with Gasteiger partial charge in [-0.1, -0.05) is 24.3 Å². The minimum absolute atomic E-state index is 0.00931. The molecule has 0 saturated carbocycles. The van der Waals surface area contributed by atoms with Crippen LogP contribution < -0.4 is 10.5 Å². The first-order valence-corrected chi connectivity index (χ1v) is 6.09. The van der Waals surface area contributed by atoms with Crippen LogP contribution in [0.15, 0.2) is 42.5 Å². The highest BCUT2D eigenvalue weighted by Gasteiger charge is 2.34. The molecule has 0 aliphatic rings. The number of halogens is 4. The Labute approximate surface area is 119 Å². The summed E-state index contributed by atoms with van der Waals surface area (Å²) in [5.41, 5.74) is 5.18. The number of hydrogen-bond acceptors (Lipinski definition) is 2. The van der Waals surface area contributed by atoms with E-state index in [2.05, 4.69) is 0 Å². The fourth-order valence-electron chi connectivity index (χ4n) is 2.08. The lowest BCUT2D eigenvalue weighted by Gasteiger charge is -2.19.